The average Bonchev–Trinajstić information content (AvgIpc) is 1.38. The lowest BCUT2D eigenvalue weighted by atomic mass is 10.6. The van der Waals surface area contributed by atoms with Crippen LogP contribution >= 0.6 is 0 Å². The van der Waals surface area contributed by atoms with Crippen LogP contribution in [0.5, 0.6) is 0 Å². The molecule has 0 unspecified atom stereocenters. The molecule has 30 valence electrons. The van der Waals surface area contributed by atoms with Gasteiger partial charge in [-0.15, -0.1) is 0 Å². The summed E-state index contributed by atoms with van der Waals surface area (Å²) in [6, 6.07) is 0. The summed E-state index contributed by atoms with van der Waals surface area (Å²) in [5, 5.41) is 1.62. The maximum atomic E-state index is 4.58. The van der Waals surface area contributed by atoms with E-state index >= 15 is 0 Å². The maximum absolute atomic E-state index is 4.58. The molecule has 0 aromatic carbocycles. The van der Waals surface area contributed by atoms with Gasteiger partial charge in [-0.05, 0) is 0 Å². The number of rotatable bonds is 1. The highest BCUT2D eigenvalue weighted by atomic mass is 16.6. The monoisotopic (exact) mass is 73.1 g/mol. The van der Waals surface area contributed by atoms with Crippen LogP contribution in [0.4, 0.5) is 0 Å². The van der Waals surface area contributed by atoms with E-state index in [1.807, 2.05) is 14.1 Å². The first-order valence-corrected chi connectivity index (χ1v) is 1.49. The molecule has 0 saturated heterocycles. The fraction of sp³-hybridized carbons (Fsp3) is 1.00. The molecule has 0 spiro atoms. The van der Waals surface area contributed by atoms with Crippen LogP contribution in [0.3, 0.4) is 0 Å². The van der Waals surface area contributed by atoms with E-state index in [2.05, 4.69) is 4.76 Å². The average molecular weight is 72.9 g/mol. The summed E-state index contributed by atoms with van der Waals surface area (Å²) in [5.41, 5.74) is 0. The Balaban J connectivity index is 2.54. The summed E-state index contributed by atoms with van der Waals surface area (Å²) < 4.78 is 4.58. The SMILES string of the molecule is BON(C)C. The van der Waals surface area contributed by atoms with Gasteiger partial charge in [0.25, 0.3) is 8.05 Å². The van der Waals surface area contributed by atoms with Crippen LogP contribution < -0.4 is 0 Å². The molecule has 2 nitrogen and oxygen atoms in total. The van der Waals surface area contributed by atoms with Crippen molar-refractivity contribution in [1.29, 1.82) is 0 Å². The molecule has 0 aromatic rings. The van der Waals surface area contributed by atoms with Crippen LogP contribution in [0, 0.1) is 0 Å². The smallest absolute Gasteiger partial charge is 0.287 e. The minimum atomic E-state index is 1.62. The van der Waals surface area contributed by atoms with Gasteiger partial charge < -0.3 is 4.76 Å². The molecular formula is C2H8BNO. The highest BCUT2D eigenvalue weighted by molar-refractivity contribution is 5.97. The van der Waals surface area contributed by atoms with Crippen molar-refractivity contribution in [3.05, 3.63) is 0 Å². The third-order valence-electron chi connectivity index (χ3n) is 0.365. The lowest BCUT2D eigenvalue weighted by Crippen LogP contribution is -2.08. The third-order valence-corrected chi connectivity index (χ3v) is 0.365. The molecule has 0 bridgehead atoms. The molecule has 0 aliphatic carbocycles. The number of nitrogens with zero attached hydrogens (tertiary/aromatic N) is 1. The Morgan fingerprint density at radius 2 is 1.80 bits per heavy atom. The topological polar surface area (TPSA) is 12.5 Å². The molecule has 5 heavy (non-hydrogen) atoms. The molecule has 0 aliphatic heterocycles. The Hall–Kier alpha value is -0.0151. The number of hydrogen-bond donors (Lipinski definition) is 0. The number of hydrogen-bond acceptors (Lipinski definition) is 2. The van der Waals surface area contributed by atoms with Gasteiger partial charge in [-0.25, -0.2) is 5.06 Å². The molecule has 0 aromatic heterocycles. The second-order valence-electron chi connectivity index (χ2n) is 0.995. The van der Waals surface area contributed by atoms with Crippen LogP contribution in [-0.4, -0.2) is 27.2 Å². The van der Waals surface area contributed by atoms with E-state index in [0.29, 0.717) is 0 Å². The van der Waals surface area contributed by atoms with Gasteiger partial charge in [-0.1, -0.05) is 0 Å². The Morgan fingerprint density at radius 1 is 1.60 bits per heavy atom. The molecule has 3 heteroatoms. The van der Waals surface area contributed by atoms with Crippen molar-refractivity contribution in [2.75, 3.05) is 14.1 Å². The molecule has 0 radical (unpaired) electrons. The first-order chi connectivity index (χ1) is 2.27. The van der Waals surface area contributed by atoms with E-state index in [-0.39, 0.29) is 0 Å². The van der Waals surface area contributed by atoms with Gasteiger partial charge in [0, 0.05) is 14.1 Å². The zero-order valence-electron chi connectivity index (χ0n) is 3.86. The molecule has 0 aliphatic rings. The van der Waals surface area contributed by atoms with Gasteiger partial charge >= 0.3 is 0 Å². The van der Waals surface area contributed by atoms with Crippen molar-refractivity contribution in [2.24, 2.45) is 0 Å². The molecule has 0 N–H and O–H groups in total. The highest BCUT2D eigenvalue weighted by Gasteiger charge is 1.70. The van der Waals surface area contributed by atoms with Crippen molar-refractivity contribution in [2.45, 2.75) is 0 Å². The normalized spacial score (nSPS) is 9.40. The van der Waals surface area contributed by atoms with Crippen LogP contribution in [0.25, 0.3) is 0 Å². The molecule has 0 saturated carbocycles. The minimum absolute atomic E-state index is 1.62. The molecular weight excluding hydrogens is 64.8 g/mol. The minimum Gasteiger partial charge on any atom is -0.371 e. The van der Waals surface area contributed by atoms with E-state index in [4.69, 9.17) is 0 Å². The summed E-state index contributed by atoms with van der Waals surface area (Å²) in [7, 11) is 5.29. The Kier molecular flexibility index (Phi) is 2.23. The molecule has 0 heterocycles. The second-order valence-corrected chi connectivity index (χ2v) is 0.995. The van der Waals surface area contributed by atoms with E-state index in [9.17, 15) is 0 Å². The van der Waals surface area contributed by atoms with Crippen LogP contribution in [0.2, 0.25) is 0 Å². The lowest BCUT2D eigenvalue weighted by molar-refractivity contribution is 0.00678. The van der Waals surface area contributed by atoms with Crippen LogP contribution in [-0.2, 0) is 4.76 Å². The van der Waals surface area contributed by atoms with Gasteiger partial charge in [0.2, 0.25) is 0 Å². The third kappa shape index (κ3) is 3.98. The van der Waals surface area contributed by atoms with E-state index in [1.165, 1.54) is 0 Å². The molecule has 0 fully saturated rings. The summed E-state index contributed by atoms with van der Waals surface area (Å²) in [4.78, 5) is 0. The standard InChI is InChI=1S/C2H8BNO/c1-4(2)5-3/h3H2,1-2H3. The Morgan fingerprint density at radius 3 is 1.80 bits per heavy atom. The predicted octanol–water partition coefficient (Wildman–Crippen LogP) is -0.972. The number of hydroxylamine groups is 2. The van der Waals surface area contributed by atoms with Crippen molar-refractivity contribution in [1.82, 2.24) is 5.06 Å². The fourth-order valence-electron chi connectivity index (χ4n) is 0. The van der Waals surface area contributed by atoms with Gasteiger partial charge in [-0.2, -0.15) is 0 Å². The van der Waals surface area contributed by atoms with Gasteiger partial charge in [0.1, 0.15) is 0 Å². The van der Waals surface area contributed by atoms with Crippen LogP contribution in [0.1, 0.15) is 0 Å². The molecule has 0 amide bonds. The summed E-state index contributed by atoms with van der Waals surface area (Å²) in [6.45, 7) is 0. The van der Waals surface area contributed by atoms with Crippen molar-refractivity contribution >= 4 is 8.05 Å². The second kappa shape index (κ2) is 2.24. The zero-order valence-corrected chi connectivity index (χ0v) is 3.86. The summed E-state index contributed by atoms with van der Waals surface area (Å²) in [5.74, 6) is 0. The quantitative estimate of drug-likeness (QED) is 0.292. The fourth-order valence-corrected chi connectivity index (χ4v) is 0. The summed E-state index contributed by atoms with van der Waals surface area (Å²) in [6.07, 6.45) is 0. The van der Waals surface area contributed by atoms with Crippen LogP contribution in [0.15, 0.2) is 0 Å². The van der Waals surface area contributed by atoms with Gasteiger partial charge in [-0.3, -0.25) is 0 Å². The maximum Gasteiger partial charge on any atom is 0.287 e. The van der Waals surface area contributed by atoms with Crippen molar-refractivity contribution < 1.29 is 4.76 Å². The predicted molar refractivity (Wildman–Crippen MR) is 23.3 cm³/mol. The first kappa shape index (κ1) is 4.98. The van der Waals surface area contributed by atoms with Gasteiger partial charge in [0.15, 0.2) is 0 Å². The first-order valence-electron chi connectivity index (χ1n) is 1.49. The highest BCUT2D eigenvalue weighted by Crippen LogP contribution is 1.62. The zero-order chi connectivity index (χ0) is 4.28. The Bertz CT molecular complexity index is 23.6. The lowest BCUT2D eigenvalue weighted by Gasteiger charge is -2.02. The molecule has 0 atom stereocenters. The largest absolute Gasteiger partial charge is 0.371 e. The molecule has 0 rings (SSSR count). The van der Waals surface area contributed by atoms with E-state index in [0.717, 1.165) is 0 Å². The van der Waals surface area contributed by atoms with E-state index < -0.39 is 0 Å². The Labute approximate surface area is 33.1 Å². The summed E-state index contributed by atoms with van der Waals surface area (Å²) >= 11 is 0. The van der Waals surface area contributed by atoms with E-state index in [1.54, 1.807) is 13.1 Å². The van der Waals surface area contributed by atoms with Crippen molar-refractivity contribution in [3.63, 3.8) is 0 Å². The van der Waals surface area contributed by atoms with Crippen molar-refractivity contribution in [3.8, 4) is 0 Å². The van der Waals surface area contributed by atoms with Gasteiger partial charge in [0.05, 0.1) is 0 Å².